The highest BCUT2D eigenvalue weighted by Gasteiger charge is 2.17. The van der Waals surface area contributed by atoms with E-state index in [0.29, 0.717) is 23.8 Å². The summed E-state index contributed by atoms with van der Waals surface area (Å²) in [6.07, 6.45) is 2.67. The van der Waals surface area contributed by atoms with Crippen LogP contribution in [0.15, 0.2) is 28.7 Å². The Labute approximate surface area is 130 Å². The van der Waals surface area contributed by atoms with Crippen LogP contribution in [-0.2, 0) is 11.8 Å². The number of nitrogens with zero attached hydrogens (tertiary/aromatic N) is 1. The van der Waals surface area contributed by atoms with E-state index in [0.717, 1.165) is 18.6 Å². The van der Waals surface area contributed by atoms with E-state index in [4.69, 9.17) is 21.4 Å². The van der Waals surface area contributed by atoms with Crippen molar-refractivity contribution in [3.8, 4) is 5.75 Å². The first-order chi connectivity index (χ1) is 10.0. The lowest BCUT2D eigenvalue weighted by Crippen LogP contribution is -2.15. The van der Waals surface area contributed by atoms with Crippen LogP contribution in [0.5, 0.6) is 5.75 Å². The highest BCUT2D eigenvalue weighted by molar-refractivity contribution is 7.71. The van der Waals surface area contributed by atoms with Gasteiger partial charge in [-0.15, -0.1) is 5.10 Å². The minimum atomic E-state index is 0.210. The molecule has 114 valence electrons. The van der Waals surface area contributed by atoms with E-state index in [1.165, 1.54) is 5.56 Å². The van der Waals surface area contributed by atoms with Crippen molar-refractivity contribution in [1.29, 1.82) is 0 Å². The monoisotopic (exact) mass is 306 g/mol. The van der Waals surface area contributed by atoms with Gasteiger partial charge in [0.15, 0.2) is 0 Å². The number of aromatic amines is 1. The number of hydrogen-bond acceptors (Lipinski definition) is 4. The van der Waals surface area contributed by atoms with Crippen LogP contribution in [-0.4, -0.2) is 16.8 Å². The first-order valence-corrected chi connectivity index (χ1v) is 7.70. The Kier molecular flexibility index (Phi) is 5.17. The second-order valence-electron chi connectivity index (χ2n) is 5.72. The second kappa shape index (κ2) is 6.89. The number of ether oxygens (including phenoxy) is 1. The van der Waals surface area contributed by atoms with E-state index >= 15 is 0 Å². The van der Waals surface area contributed by atoms with Crippen molar-refractivity contribution in [3.05, 3.63) is 40.6 Å². The minimum absolute atomic E-state index is 0.210. The molecule has 0 spiro atoms. The van der Waals surface area contributed by atoms with Gasteiger partial charge < -0.3 is 9.15 Å². The molecule has 2 rings (SSSR count). The average molecular weight is 306 g/mol. The van der Waals surface area contributed by atoms with E-state index in [2.05, 4.69) is 43.1 Å². The highest BCUT2D eigenvalue weighted by atomic mass is 32.1. The smallest absolute Gasteiger partial charge is 0.284 e. The zero-order valence-corrected chi connectivity index (χ0v) is 13.6. The van der Waals surface area contributed by atoms with Gasteiger partial charge in [-0.1, -0.05) is 32.9 Å². The minimum Gasteiger partial charge on any atom is -0.494 e. The molecule has 21 heavy (non-hydrogen) atoms. The number of rotatable bonds is 7. The maximum atomic E-state index is 5.73. The third-order valence-corrected chi connectivity index (χ3v) is 3.98. The normalized spacial score (nSPS) is 11.6. The molecule has 0 saturated heterocycles. The lowest BCUT2D eigenvalue weighted by molar-refractivity contribution is 0.304. The SMILES string of the molecule is CCC(C)(C)c1ccc(OCCCc2n[nH]c(=S)o2)cc1. The van der Waals surface area contributed by atoms with Crippen LogP contribution in [0.4, 0.5) is 0 Å². The van der Waals surface area contributed by atoms with Crippen molar-refractivity contribution in [2.24, 2.45) is 0 Å². The molecule has 1 aromatic heterocycles. The summed E-state index contributed by atoms with van der Waals surface area (Å²) >= 11 is 4.82. The molecule has 0 bridgehead atoms. The van der Waals surface area contributed by atoms with Crippen molar-refractivity contribution < 1.29 is 9.15 Å². The summed E-state index contributed by atoms with van der Waals surface area (Å²) in [5, 5.41) is 6.57. The molecule has 4 nitrogen and oxygen atoms in total. The van der Waals surface area contributed by atoms with Gasteiger partial charge in [0.25, 0.3) is 4.84 Å². The third-order valence-electron chi connectivity index (χ3n) is 3.81. The van der Waals surface area contributed by atoms with Crippen LogP contribution in [0, 0.1) is 4.84 Å². The van der Waals surface area contributed by atoms with E-state index < -0.39 is 0 Å². The van der Waals surface area contributed by atoms with Crippen molar-refractivity contribution in [3.63, 3.8) is 0 Å². The number of hydrogen-bond donors (Lipinski definition) is 1. The molecule has 0 radical (unpaired) electrons. The molecular weight excluding hydrogens is 284 g/mol. The first kappa shape index (κ1) is 15.8. The van der Waals surface area contributed by atoms with Gasteiger partial charge in [0.1, 0.15) is 5.75 Å². The van der Waals surface area contributed by atoms with Crippen molar-refractivity contribution >= 4 is 12.2 Å². The molecule has 0 saturated carbocycles. The van der Waals surface area contributed by atoms with Crippen LogP contribution in [0.25, 0.3) is 0 Å². The van der Waals surface area contributed by atoms with Crippen molar-refractivity contribution in [1.82, 2.24) is 10.2 Å². The highest BCUT2D eigenvalue weighted by Crippen LogP contribution is 2.28. The summed E-state index contributed by atoms with van der Waals surface area (Å²) in [6.45, 7) is 7.34. The molecule has 1 N–H and O–H groups in total. The van der Waals surface area contributed by atoms with Gasteiger partial charge in [-0.05, 0) is 48.2 Å². The van der Waals surface area contributed by atoms with Crippen molar-refractivity contribution in [2.75, 3.05) is 6.61 Å². The van der Waals surface area contributed by atoms with E-state index in [1.807, 2.05) is 12.1 Å². The number of benzene rings is 1. The lowest BCUT2D eigenvalue weighted by Gasteiger charge is -2.23. The molecule has 0 unspecified atom stereocenters. The molecule has 0 amide bonds. The number of nitrogens with one attached hydrogen (secondary N) is 1. The van der Waals surface area contributed by atoms with Gasteiger partial charge in [0.05, 0.1) is 6.61 Å². The quantitative estimate of drug-likeness (QED) is 0.607. The predicted octanol–water partition coefficient (Wildman–Crippen LogP) is 4.43. The summed E-state index contributed by atoms with van der Waals surface area (Å²) in [6, 6.07) is 8.36. The zero-order valence-electron chi connectivity index (χ0n) is 12.8. The standard InChI is InChI=1S/C16H22N2O2S/c1-4-16(2,3)12-7-9-13(10-8-12)19-11-5-6-14-17-18-15(21)20-14/h7-10H,4-6,11H2,1-3H3,(H,18,21). The van der Waals surface area contributed by atoms with Gasteiger partial charge in [-0.2, -0.15) is 0 Å². The maximum Gasteiger partial charge on any atom is 0.284 e. The van der Waals surface area contributed by atoms with Crippen LogP contribution in [0.3, 0.4) is 0 Å². The molecule has 1 heterocycles. The molecular formula is C16H22N2O2S. The Morgan fingerprint density at radius 3 is 2.57 bits per heavy atom. The largest absolute Gasteiger partial charge is 0.494 e. The summed E-state index contributed by atoms with van der Waals surface area (Å²) in [5.74, 6) is 1.53. The Morgan fingerprint density at radius 2 is 2.00 bits per heavy atom. The number of H-pyrrole nitrogens is 1. The van der Waals surface area contributed by atoms with E-state index in [9.17, 15) is 0 Å². The fraction of sp³-hybridized carbons (Fsp3) is 0.500. The van der Waals surface area contributed by atoms with Gasteiger partial charge in [-0.3, -0.25) is 0 Å². The van der Waals surface area contributed by atoms with Gasteiger partial charge in [0, 0.05) is 6.42 Å². The van der Waals surface area contributed by atoms with Gasteiger partial charge in [-0.25, -0.2) is 5.10 Å². The summed E-state index contributed by atoms with van der Waals surface area (Å²) < 4.78 is 10.9. The molecule has 0 aliphatic carbocycles. The summed E-state index contributed by atoms with van der Waals surface area (Å²) in [4.78, 5) is 0.319. The van der Waals surface area contributed by atoms with Crippen LogP contribution in [0.1, 0.15) is 45.1 Å². The molecule has 0 aliphatic heterocycles. The fourth-order valence-electron chi connectivity index (χ4n) is 1.99. The summed E-state index contributed by atoms with van der Waals surface area (Å²) in [7, 11) is 0. The molecule has 2 aromatic rings. The zero-order chi connectivity index (χ0) is 15.3. The van der Waals surface area contributed by atoms with E-state index in [1.54, 1.807) is 0 Å². The Balaban J connectivity index is 1.80. The second-order valence-corrected chi connectivity index (χ2v) is 6.09. The number of aryl methyl sites for hydroxylation is 1. The topological polar surface area (TPSA) is 51.0 Å². The Hall–Kier alpha value is -1.62. The average Bonchev–Trinajstić information content (AvgIpc) is 2.90. The van der Waals surface area contributed by atoms with Gasteiger partial charge in [0.2, 0.25) is 5.89 Å². The Morgan fingerprint density at radius 1 is 1.29 bits per heavy atom. The maximum absolute atomic E-state index is 5.73. The van der Waals surface area contributed by atoms with Crippen LogP contribution >= 0.6 is 12.2 Å². The fourth-order valence-corrected chi connectivity index (χ4v) is 2.13. The summed E-state index contributed by atoms with van der Waals surface area (Å²) in [5.41, 5.74) is 1.55. The molecule has 5 heteroatoms. The predicted molar refractivity (Wildman–Crippen MR) is 85.3 cm³/mol. The molecule has 1 aromatic carbocycles. The van der Waals surface area contributed by atoms with E-state index in [-0.39, 0.29) is 5.41 Å². The Bertz CT molecular complexity index is 614. The van der Waals surface area contributed by atoms with Crippen LogP contribution in [0.2, 0.25) is 0 Å². The third kappa shape index (κ3) is 4.43. The first-order valence-electron chi connectivity index (χ1n) is 7.29. The molecule has 0 aliphatic rings. The van der Waals surface area contributed by atoms with Crippen LogP contribution < -0.4 is 4.74 Å². The van der Waals surface area contributed by atoms with Gasteiger partial charge >= 0.3 is 0 Å². The lowest BCUT2D eigenvalue weighted by atomic mass is 9.82. The molecule has 0 atom stereocenters. The van der Waals surface area contributed by atoms with Crippen molar-refractivity contribution in [2.45, 2.75) is 45.4 Å². The molecule has 0 fully saturated rings. The number of aromatic nitrogens is 2.